The zero-order chi connectivity index (χ0) is 24.2. The maximum Gasteiger partial charge on any atom is 0.326 e. The molecule has 0 aromatic rings. The minimum absolute atomic E-state index is 0.123. The lowest BCUT2D eigenvalue weighted by Gasteiger charge is -2.24. The first-order chi connectivity index (χ1) is 14.2. The number of nitrogens with two attached hydrogens (primary N) is 1. The number of amides is 4. The van der Waals surface area contributed by atoms with Gasteiger partial charge in [0.1, 0.15) is 12.1 Å². The van der Waals surface area contributed by atoms with Gasteiger partial charge in [-0.1, -0.05) is 0 Å². The highest BCUT2D eigenvalue weighted by molar-refractivity contribution is 8.32. The number of nitrogens with one attached hydrogen (secondary N) is 3. The van der Waals surface area contributed by atoms with Gasteiger partial charge in [0.05, 0.1) is 26.0 Å². The summed E-state index contributed by atoms with van der Waals surface area (Å²) in [5.74, 6) is -4.17. The zero-order valence-electron chi connectivity index (χ0n) is 18.2. The molecule has 6 N–H and O–H groups in total. The van der Waals surface area contributed by atoms with Gasteiger partial charge in [-0.2, -0.15) is 0 Å². The van der Waals surface area contributed by atoms with Gasteiger partial charge in [0.25, 0.3) is 0 Å². The lowest BCUT2D eigenvalue weighted by atomic mass is 10.2. The van der Waals surface area contributed by atoms with Gasteiger partial charge in [-0.25, -0.2) is 14.8 Å². The number of primary amides is 1. The van der Waals surface area contributed by atoms with E-state index in [0.29, 0.717) is 6.61 Å². The van der Waals surface area contributed by atoms with Gasteiger partial charge in [0.15, 0.2) is 0 Å². The lowest BCUT2D eigenvalue weighted by Crippen LogP contribution is -2.52. The van der Waals surface area contributed by atoms with Crippen LogP contribution in [-0.2, 0) is 33.5 Å². The van der Waals surface area contributed by atoms with Crippen LogP contribution in [0.1, 0.15) is 26.2 Å². The molecule has 0 unspecified atom stereocenters. The van der Waals surface area contributed by atoms with Crippen LogP contribution in [0.4, 0.5) is 0 Å². The largest absolute Gasteiger partial charge is 0.480 e. The normalized spacial score (nSPS) is 13.3. The number of carboxylic acid groups (broad SMARTS) is 1. The van der Waals surface area contributed by atoms with E-state index >= 15 is 0 Å². The molecule has 2 atom stereocenters. The van der Waals surface area contributed by atoms with Crippen molar-refractivity contribution in [2.45, 2.75) is 38.3 Å². The van der Waals surface area contributed by atoms with E-state index in [2.05, 4.69) is 34.7 Å². The van der Waals surface area contributed by atoms with Crippen LogP contribution in [0.15, 0.2) is 0 Å². The molecule has 0 bridgehead atoms. The summed E-state index contributed by atoms with van der Waals surface area (Å²) in [6, 6.07) is -2.65. The number of rotatable bonds is 14. The summed E-state index contributed by atoms with van der Waals surface area (Å²) in [4.78, 5) is 69.0. The van der Waals surface area contributed by atoms with Gasteiger partial charge in [0, 0.05) is 12.2 Å². The number of carbonyl (C=O) groups excluding carboxylic acids is 5. The predicted octanol–water partition coefficient (Wildman–Crippen LogP) is -1.93. The van der Waals surface area contributed by atoms with Gasteiger partial charge in [-0.3, -0.25) is 24.0 Å². The molecule has 0 fully saturated rings. The molecule has 0 aliphatic rings. The Morgan fingerprint density at radius 1 is 1.00 bits per heavy atom. The minimum Gasteiger partial charge on any atom is -0.480 e. The number of aliphatic carboxylic acids is 1. The molecule has 4 amide bonds. The van der Waals surface area contributed by atoms with E-state index in [0.717, 1.165) is 5.75 Å². The van der Waals surface area contributed by atoms with Crippen molar-refractivity contribution in [2.75, 3.05) is 37.7 Å². The monoisotopic (exact) mass is 464 g/mol. The molecule has 0 aromatic heterocycles. The predicted molar refractivity (Wildman–Crippen MR) is 114 cm³/mol. The first kappa shape index (κ1) is 28.2. The Bertz CT molecular complexity index is 693. The number of esters is 1. The summed E-state index contributed by atoms with van der Waals surface area (Å²) in [7, 11) is -0.781. The molecule has 0 aromatic carbocycles. The van der Waals surface area contributed by atoms with Gasteiger partial charge in [0.2, 0.25) is 23.6 Å². The number of carbonyl (C=O) groups is 6. The van der Waals surface area contributed by atoms with E-state index in [-0.39, 0.29) is 12.8 Å². The SMILES string of the molecule is C[C@H](NC(=O)CNC(=O)CCC(=O)OCCS(C)(C)C)C(=O)N[C@@H](CC(N)=O)C(=O)O. The van der Waals surface area contributed by atoms with Crippen molar-refractivity contribution in [1.29, 1.82) is 0 Å². The Morgan fingerprint density at radius 3 is 2.13 bits per heavy atom. The topological polar surface area (TPSA) is 194 Å². The van der Waals surface area contributed by atoms with Crippen molar-refractivity contribution in [3.63, 3.8) is 0 Å². The molecule has 0 spiro atoms. The van der Waals surface area contributed by atoms with Gasteiger partial charge >= 0.3 is 11.9 Å². The van der Waals surface area contributed by atoms with Crippen molar-refractivity contribution in [1.82, 2.24) is 16.0 Å². The third kappa shape index (κ3) is 14.7. The van der Waals surface area contributed by atoms with Gasteiger partial charge in [-0.05, 0) is 25.7 Å². The van der Waals surface area contributed by atoms with Crippen molar-refractivity contribution >= 4 is 45.6 Å². The second kappa shape index (κ2) is 13.5. The Labute approximate surface area is 182 Å². The fourth-order valence-corrected chi connectivity index (χ4v) is 2.60. The van der Waals surface area contributed by atoms with E-state index in [1.54, 1.807) is 0 Å². The van der Waals surface area contributed by atoms with Gasteiger partial charge < -0.3 is 31.5 Å². The molecule has 0 rings (SSSR count). The van der Waals surface area contributed by atoms with Crippen LogP contribution in [0.25, 0.3) is 0 Å². The molecule has 31 heavy (non-hydrogen) atoms. The quantitative estimate of drug-likeness (QED) is 0.183. The van der Waals surface area contributed by atoms with E-state index in [1.807, 2.05) is 0 Å². The molecular weight excluding hydrogens is 432 g/mol. The van der Waals surface area contributed by atoms with Crippen LogP contribution in [0, 0.1) is 0 Å². The highest BCUT2D eigenvalue weighted by Gasteiger charge is 2.25. The first-order valence-electron chi connectivity index (χ1n) is 9.40. The number of hydrogen-bond acceptors (Lipinski definition) is 7. The highest BCUT2D eigenvalue weighted by Crippen LogP contribution is 2.33. The Kier molecular flexibility index (Phi) is 12.2. The second-order valence-electron chi connectivity index (χ2n) is 7.65. The molecule has 178 valence electrons. The molecule has 0 saturated heterocycles. The fraction of sp³-hybridized carbons (Fsp3) is 0.667. The maximum absolute atomic E-state index is 12.0. The van der Waals surface area contributed by atoms with Crippen molar-refractivity contribution in [3.05, 3.63) is 0 Å². The summed E-state index contributed by atoms with van der Waals surface area (Å²) in [5.41, 5.74) is 4.92. The highest BCUT2D eigenvalue weighted by atomic mass is 32.3. The van der Waals surface area contributed by atoms with Crippen LogP contribution >= 0.6 is 10.0 Å². The standard InChI is InChI=1S/C18H32N4O8S/c1-11(17(27)22-12(18(28)29)9-13(19)23)21-15(25)10-20-14(24)5-6-16(26)30-7-8-31(2,3)4/h11-12H,5-10H2,1-4H3,(H2,19,23)(H,20,24)(H,21,25)(H,22,27)(H,28,29)/t11-,12-/m0/s1. The summed E-state index contributed by atoms with van der Waals surface area (Å²) < 4.78 is 5.05. The maximum atomic E-state index is 12.0. The summed E-state index contributed by atoms with van der Waals surface area (Å²) in [6.45, 7) is 1.15. The summed E-state index contributed by atoms with van der Waals surface area (Å²) in [5, 5.41) is 15.6. The molecule has 0 saturated carbocycles. The van der Waals surface area contributed by atoms with Gasteiger partial charge in [-0.15, -0.1) is 0 Å². The van der Waals surface area contributed by atoms with Crippen LogP contribution in [0.3, 0.4) is 0 Å². The fourth-order valence-electron chi connectivity index (χ4n) is 2.02. The molecule has 0 heterocycles. The second-order valence-corrected chi connectivity index (χ2v) is 12.2. The average molecular weight is 465 g/mol. The zero-order valence-corrected chi connectivity index (χ0v) is 19.0. The third-order valence-electron chi connectivity index (χ3n) is 3.75. The molecular formula is C18H32N4O8S. The van der Waals surface area contributed by atoms with E-state index in [4.69, 9.17) is 15.6 Å². The Balaban J connectivity index is 4.24. The third-order valence-corrected chi connectivity index (χ3v) is 5.14. The molecule has 0 radical (unpaired) electrons. The molecule has 0 aliphatic carbocycles. The van der Waals surface area contributed by atoms with Crippen molar-refractivity contribution in [2.24, 2.45) is 5.73 Å². The van der Waals surface area contributed by atoms with Crippen molar-refractivity contribution in [3.8, 4) is 0 Å². The molecule has 0 aliphatic heterocycles. The lowest BCUT2D eigenvalue weighted by molar-refractivity contribution is -0.144. The summed E-state index contributed by atoms with van der Waals surface area (Å²) in [6.07, 6.45) is 5.40. The Morgan fingerprint density at radius 2 is 1.61 bits per heavy atom. The van der Waals surface area contributed by atoms with Crippen LogP contribution in [0.5, 0.6) is 0 Å². The number of hydrogen-bond donors (Lipinski definition) is 5. The number of ether oxygens (including phenoxy) is 1. The average Bonchev–Trinajstić information content (AvgIpc) is 2.62. The number of carboxylic acids is 1. The summed E-state index contributed by atoms with van der Waals surface area (Å²) >= 11 is 0. The Hall–Kier alpha value is -2.83. The van der Waals surface area contributed by atoms with E-state index in [1.165, 1.54) is 6.92 Å². The van der Waals surface area contributed by atoms with Crippen LogP contribution in [0.2, 0.25) is 0 Å². The van der Waals surface area contributed by atoms with E-state index < -0.39 is 70.6 Å². The molecule has 12 nitrogen and oxygen atoms in total. The smallest absolute Gasteiger partial charge is 0.326 e. The minimum atomic E-state index is -1.52. The van der Waals surface area contributed by atoms with E-state index in [9.17, 15) is 28.8 Å². The van der Waals surface area contributed by atoms with Crippen molar-refractivity contribution < 1.29 is 38.6 Å². The molecule has 13 heteroatoms. The van der Waals surface area contributed by atoms with Crippen LogP contribution < -0.4 is 21.7 Å². The van der Waals surface area contributed by atoms with Crippen LogP contribution in [-0.4, -0.2) is 90.4 Å². The first-order valence-corrected chi connectivity index (χ1v) is 12.4.